The molecule has 2 heterocycles. The van der Waals surface area contributed by atoms with E-state index in [0.717, 1.165) is 66.7 Å². The second-order valence-corrected chi connectivity index (χ2v) is 12.7. The minimum atomic E-state index is -4.97. The molecule has 1 unspecified atom stereocenters. The lowest BCUT2D eigenvalue weighted by atomic mass is 9.80. The summed E-state index contributed by atoms with van der Waals surface area (Å²) in [6, 6.07) is 5.34. The topological polar surface area (TPSA) is 87.4 Å². The van der Waals surface area contributed by atoms with E-state index in [4.69, 9.17) is 0 Å². The monoisotopic (exact) mass is 652 g/mol. The SMILES string of the molecule is Cc1cc2c(cc1C)N(CC1CCC(CC(=O)O)CC1)CCCC2N(Cc1cc(C(F)(F)F)cc(C(F)(F)F)c1)c1nnn(C)n1. The summed E-state index contributed by atoms with van der Waals surface area (Å²) in [6.07, 6.45) is -4.94. The molecule has 0 amide bonds. The van der Waals surface area contributed by atoms with Crippen LogP contribution in [-0.4, -0.2) is 44.4 Å². The maximum absolute atomic E-state index is 13.7. The molecule has 0 saturated heterocycles. The van der Waals surface area contributed by atoms with Crippen LogP contribution in [0.15, 0.2) is 30.3 Å². The minimum absolute atomic E-state index is 0.104. The van der Waals surface area contributed by atoms with Crippen LogP contribution in [-0.2, 0) is 30.7 Å². The molecule has 1 saturated carbocycles. The van der Waals surface area contributed by atoms with E-state index in [1.54, 1.807) is 11.9 Å². The van der Waals surface area contributed by atoms with Gasteiger partial charge in [-0.2, -0.15) is 31.1 Å². The van der Waals surface area contributed by atoms with Gasteiger partial charge >= 0.3 is 18.3 Å². The van der Waals surface area contributed by atoms with E-state index in [9.17, 15) is 36.2 Å². The van der Waals surface area contributed by atoms with Gasteiger partial charge in [0, 0.05) is 31.7 Å². The summed E-state index contributed by atoms with van der Waals surface area (Å²) < 4.78 is 82.5. The highest BCUT2D eigenvalue weighted by Crippen LogP contribution is 2.43. The van der Waals surface area contributed by atoms with Crippen LogP contribution < -0.4 is 9.80 Å². The molecule has 5 rings (SSSR count). The summed E-state index contributed by atoms with van der Waals surface area (Å²) in [4.78, 5) is 16.4. The maximum atomic E-state index is 13.7. The number of carboxylic acid groups (broad SMARTS) is 1. The number of nitrogens with zero attached hydrogens (tertiary/aromatic N) is 6. The summed E-state index contributed by atoms with van der Waals surface area (Å²) in [5.74, 6) is -0.113. The average Bonchev–Trinajstić information content (AvgIpc) is 3.33. The number of rotatable bonds is 8. The fourth-order valence-corrected chi connectivity index (χ4v) is 6.82. The normalized spacial score (nSPS) is 20.7. The van der Waals surface area contributed by atoms with Crippen molar-refractivity contribution in [1.82, 2.24) is 20.2 Å². The molecule has 1 aliphatic heterocycles. The summed E-state index contributed by atoms with van der Waals surface area (Å²) >= 11 is 0. The third-order valence-electron chi connectivity index (χ3n) is 9.29. The van der Waals surface area contributed by atoms with E-state index >= 15 is 0 Å². The number of halogens is 6. The molecule has 8 nitrogen and oxygen atoms in total. The molecule has 0 bridgehead atoms. The molecule has 1 fully saturated rings. The third-order valence-corrected chi connectivity index (χ3v) is 9.29. The van der Waals surface area contributed by atoms with Gasteiger partial charge in [0.1, 0.15) is 0 Å². The van der Waals surface area contributed by atoms with Crippen LogP contribution in [0.1, 0.15) is 84.4 Å². The summed E-state index contributed by atoms with van der Waals surface area (Å²) in [5.41, 5.74) is 1.02. The number of carbonyl (C=O) groups is 1. The van der Waals surface area contributed by atoms with Crippen molar-refractivity contribution in [3.63, 3.8) is 0 Å². The van der Waals surface area contributed by atoms with Gasteiger partial charge in [0.2, 0.25) is 0 Å². The standard InChI is InChI=1S/C32H38F6N6O2/c1-19-11-26-27(5-4-10-43(28(26)12-20(19)2)17-22-8-6-21(7-9-22)15-29(45)46)44(30-39-41-42(3)40-30)18-23-13-24(31(33,34)35)16-25(14-23)32(36,37)38/h11-14,16,21-22,27H,4-10,15,17-18H2,1-3H3,(H,45,46). The number of aliphatic carboxylic acids is 1. The smallest absolute Gasteiger partial charge is 0.416 e. The zero-order valence-electron chi connectivity index (χ0n) is 26.0. The lowest BCUT2D eigenvalue weighted by molar-refractivity contribution is -0.143. The van der Waals surface area contributed by atoms with Crippen molar-refractivity contribution in [1.29, 1.82) is 0 Å². The van der Waals surface area contributed by atoms with Crippen LogP contribution in [0.4, 0.5) is 38.0 Å². The number of hydrogen-bond acceptors (Lipinski definition) is 6. The van der Waals surface area contributed by atoms with Crippen LogP contribution in [0.3, 0.4) is 0 Å². The first kappa shape index (κ1) is 33.5. The van der Waals surface area contributed by atoms with Crippen LogP contribution in [0.5, 0.6) is 0 Å². The predicted octanol–water partition coefficient (Wildman–Crippen LogP) is 7.49. The number of anilines is 2. The Morgan fingerprint density at radius 1 is 0.913 bits per heavy atom. The summed E-state index contributed by atoms with van der Waals surface area (Å²) in [7, 11) is 1.54. The van der Waals surface area contributed by atoms with Gasteiger partial charge in [0.05, 0.1) is 24.2 Å². The molecular formula is C32H38F6N6O2. The van der Waals surface area contributed by atoms with Gasteiger partial charge < -0.3 is 14.9 Å². The van der Waals surface area contributed by atoms with Crippen LogP contribution in [0.2, 0.25) is 0 Å². The van der Waals surface area contributed by atoms with Gasteiger partial charge in [0.25, 0.3) is 5.95 Å². The molecule has 0 spiro atoms. The molecule has 2 aromatic carbocycles. The largest absolute Gasteiger partial charge is 0.481 e. The first-order valence-electron chi connectivity index (χ1n) is 15.5. The van der Waals surface area contributed by atoms with Crippen molar-refractivity contribution in [3.05, 3.63) is 63.7 Å². The van der Waals surface area contributed by atoms with E-state index in [-0.39, 0.29) is 36.5 Å². The van der Waals surface area contributed by atoms with Crippen molar-refractivity contribution >= 4 is 17.6 Å². The zero-order chi connectivity index (χ0) is 33.4. The van der Waals surface area contributed by atoms with E-state index in [0.29, 0.717) is 25.3 Å². The number of benzene rings is 2. The molecule has 1 atom stereocenters. The Balaban J connectivity index is 1.52. The van der Waals surface area contributed by atoms with Crippen molar-refractivity contribution in [2.45, 2.75) is 83.7 Å². The number of aromatic nitrogens is 4. The second kappa shape index (κ2) is 13.1. The molecule has 46 heavy (non-hydrogen) atoms. The van der Waals surface area contributed by atoms with Gasteiger partial charge in [-0.1, -0.05) is 11.2 Å². The van der Waals surface area contributed by atoms with Crippen LogP contribution >= 0.6 is 0 Å². The fraction of sp³-hybridized carbons (Fsp3) is 0.562. The molecule has 1 aromatic heterocycles. The quantitative estimate of drug-likeness (QED) is 0.252. The number of fused-ring (bicyclic) bond motifs is 1. The number of aryl methyl sites for hydroxylation is 3. The van der Waals surface area contributed by atoms with E-state index in [2.05, 4.69) is 26.4 Å². The number of tetrazole rings is 1. The van der Waals surface area contributed by atoms with Gasteiger partial charge in [0.15, 0.2) is 0 Å². The third kappa shape index (κ3) is 7.75. The van der Waals surface area contributed by atoms with Crippen LogP contribution in [0, 0.1) is 25.7 Å². The van der Waals surface area contributed by atoms with Gasteiger partial charge in [-0.05, 0) is 116 Å². The first-order valence-corrected chi connectivity index (χ1v) is 15.5. The van der Waals surface area contributed by atoms with Gasteiger partial charge in [-0.15, -0.1) is 5.10 Å². The number of alkyl halides is 6. The first-order chi connectivity index (χ1) is 21.6. The summed E-state index contributed by atoms with van der Waals surface area (Å²) in [5, 5.41) is 21.6. The fourth-order valence-electron chi connectivity index (χ4n) is 6.82. The Hall–Kier alpha value is -3.84. The molecule has 14 heteroatoms. The average molecular weight is 653 g/mol. The lowest BCUT2D eigenvalue weighted by Crippen LogP contribution is -2.33. The molecule has 250 valence electrons. The predicted molar refractivity (Wildman–Crippen MR) is 159 cm³/mol. The zero-order valence-corrected chi connectivity index (χ0v) is 26.0. The van der Waals surface area contributed by atoms with Gasteiger partial charge in [-0.25, -0.2) is 0 Å². The molecule has 1 N–H and O–H groups in total. The second-order valence-electron chi connectivity index (χ2n) is 12.7. The van der Waals surface area contributed by atoms with E-state index < -0.39 is 35.5 Å². The Labute approximate surface area is 263 Å². The molecule has 0 radical (unpaired) electrons. The van der Waals surface area contributed by atoms with Crippen molar-refractivity contribution in [3.8, 4) is 0 Å². The maximum Gasteiger partial charge on any atom is 0.416 e. The Kier molecular flexibility index (Phi) is 9.55. The van der Waals surface area contributed by atoms with Crippen molar-refractivity contribution in [2.75, 3.05) is 22.9 Å². The van der Waals surface area contributed by atoms with Crippen LogP contribution in [0.25, 0.3) is 0 Å². The number of carboxylic acids is 1. The van der Waals surface area contributed by atoms with E-state index in [1.165, 1.54) is 4.80 Å². The highest BCUT2D eigenvalue weighted by molar-refractivity contribution is 5.67. The molecule has 3 aromatic rings. The lowest BCUT2D eigenvalue weighted by Gasteiger charge is -2.35. The van der Waals surface area contributed by atoms with Gasteiger partial charge in [-0.3, -0.25) is 4.79 Å². The minimum Gasteiger partial charge on any atom is -0.481 e. The van der Waals surface area contributed by atoms with E-state index in [1.807, 2.05) is 19.9 Å². The Bertz CT molecular complexity index is 1510. The highest BCUT2D eigenvalue weighted by Gasteiger charge is 2.38. The highest BCUT2D eigenvalue weighted by atomic mass is 19.4. The molecule has 2 aliphatic rings. The Morgan fingerprint density at radius 2 is 1.52 bits per heavy atom. The Morgan fingerprint density at radius 3 is 2.09 bits per heavy atom. The molecule has 1 aliphatic carbocycles. The van der Waals surface area contributed by atoms with Crippen molar-refractivity contribution in [2.24, 2.45) is 18.9 Å². The van der Waals surface area contributed by atoms with Crippen molar-refractivity contribution < 1.29 is 36.2 Å². The molecular weight excluding hydrogens is 614 g/mol. The summed E-state index contributed by atoms with van der Waals surface area (Å²) in [6.45, 7) is 5.16. The number of hydrogen-bond donors (Lipinski definition) is 1.